The largest absolute Gasteiger partial charge is 0.472 e. The van der Waals surface area contributed by atoms with Gasteiger partial charge in [0.15, 0.2) is 6.10 Å². The summed E-state index contributed by atoms with van der Waals surface area (Å²) in [7, 11) is -4.41. The number of rotatable bonds is 74. The molecule has 0 aromatic carbocycles. The zero-order valence-electron chi connectivity index (χ0n) is 62.1. The maximum absolute atomic E-state index is 12.8. The van der Waals surface area contributed by atoms with Crippen LogP contribution in [-0.4, -0.2) is 49.3 Å². The van der Waals surface area contributed by atoms with Crippen molar-refractivity contribution in [3.63, 3.8) is 0 Å². The Morgan fingerprint density at radius 1 is 0.323 bits per heavy atom. The van der Waals surface area contributed by atoms with Crippen LogP contribution in [0, 0.1) is 0 Å². The van der Waals surface area contributed by atoms with Gasteiger partial charge in [-0.3, -0.25) is 18.6 Å². The summed E-state index contributed by atoms with van der Waals surface area (Å²) >= 11 is 0. The van der Waals surface area contributed by atoms with E-state index in [1.165, 1.54) is 199 Å². The molecule has 2 atom stereocenters. The SMILES string of the molecule is CC/C=C\C/C=C\C/C=C\C/C=C\C/C=C\C/C=C\C/C=C\C/C=C\C/C=C\C/C=C\C/C=C\C/C=C\CCCCCCC(=O)OC(COC(=O)CCCCCCCCCCCCCCCCCCCCCCCCCCCCCCCCCCCC)COP(=O)(O)OCCN. The second-order valence-electron chi connectivity index (χ2n) is 26.2. The van der Waals surface area contributed by atoms with E-state index in [2.05, 4.69) is 160 Å². The minimum absolute atomic E-state index is 0.0434. The fourth-order valence-corrected chi connectivity index (χ4v) is 11.9. The summed E-state index contributed by atoms with van der Waals surface area (Å²) in [4.78, 5) is 35.4. The number of carbonyl (C=O) groups excluding carboxylic acids is 2. The third-order valence-corrected chi connectivity index (χ3v) is 18.0. The van der Waals surface area contributed by atoms with Crippen molar-refractivity contribution in [1.29, 1.82) is 0 Å². The van der Waals surface area contributed by atoms with Crippen LogP contribution < -0.4 is 5.73 Å². The summed E-state index contributed by atoms with van der Waals surface area (Å²) in [6, 6.07) is 0. The lowest BCUT2D eigenvalue weighted by atomic mass is 10.0. The Balaban J connectivity index is 3.93. The zero-order chi connectivity index (χ0) is 69.3. The molecule has 0 saturated carbocycles. The van der Waals surface area contributed by atoms with E-state index in [1.807, 2.05) is 0 Å². The Bertz CT molecular complexity index is 2090. The van der Waals surface area contributed by atoms with Crippen LogP contribution in [0.3, 0.4) is 0 Å². The number of hydrogen-bond acceptors (Lipinski definition) is 8. The number of allylic oxidation sites excluding steroid dienone is 24. The van der Waals surface area contributed by atoms with E-state index in [9.17, 15) is 19.0 Å². The van der Waals surface area contributed by atoms with E-state index >= 15 is 0 Å². The van der Waals surface area contributed by atoms with E-state index in [-0.39, 0.29) is 38.6 Å². The van der Waals surface area contributed by atoms with E-state index in [0.29, 0.717) is 6.42 Å². The monoisotopic (exact) mass is 1350 g/mol. The first-order valence-corrected chi connectivity index (χ1v) is 41.3. The van der Waals surface area contributed by atoms with Crippen molar-refractivity contribution in [2.45, 2.75) is 360 Å². The van der Waals surface area contributed by atoms with Gasteiger partial charge in [0.2, 0.25) is 0 Å². The minimum Gasteiger partial charge on any atom is -0.462 e. The Morgan fingerprint density at radius 3 is 0.854 bits per heavy atom. The van der Waals surface area contributed by atoms with Crippen molar-refractivity contribution in [3.05, 3.63) is 146 Å². The second-order valence-corrected chi connectivity index (χ2v) is 27.7. The molecule has 3 N–H and O–H groups in total. The average Bonchev–Trinajstić information content (AvgIpc) is 2.32. The number of ether oxygens (including phenoxy) is 2. The number of nitrogens with two attached hydrogens (primary N) is 1. The van der Waals surface area contributed by atoms with Gasteiger partial charge in [-0.15, -0.1) is 0 Å². The maximum atomic E-state index is 12.8. The fraction of sp³-hybridized carbons (Fsp3) is 0.698. The zero-order valence-corrected chi connectivity index (χ0v) is 63.0. The standard InChI is InChI=1S/C86H148NO8P/c1-3-5-7-9-11-13-15-17-19-21-23-25-27-29-31-33-35-37-39-40-41-42-43-44-45-47-49-51-53-55-57-59-61-63-65-67-69-71-73-75-77-79-86(89)95-84(83-94-96(90,91)93-81-80-87)82-92-85(88)78-76-74-72-70-68-66-64-62-60-58-56-54-52-50-48-46-38-36-34-32-30-28-26-24-22-20-18-16-14-12-10-8-6-4-2/h5,7,11,13,17,19,23,25,29,31,35,37,40-41,43-44,47,49,53,55,59,61,65,67,84H,3-4,6,8-10,12,14-16,18,20-22,24,26-28,30,32-34,36,38-39,42,45-46,48,50-52,54,56-58,60,62-64,66,68-83,87H2,1-2H3,(H,90,91)/b7-5-,13-11-,19-17-,25-23-,31-29-,37-35-,41-40-,44-43-,49-47-,55-53-,61-59-,67-65-. The predicted molar refractivity (Wildman–Crippen MR) is 417 cm³/mol. The van der Waals surface area contributed by atoms with Gasteiger partial charge < -0.3 is 20.1 Å². The number of phosphoric acid groups is 1. The lowest BCUT2D eigenvalue weighted by molar-refractivity contribution is -0.161. The Kier molecular flexibility index (Phi) is 76.5. The van der Waals surface area contributed by atoms with Gasteiger partial charge in [-0.25, -0.2) is 4.57 Å². The Labute approximate surface area is 592 Å². The van der Waals surface area contributed by atoms with Crippen LogP contribution in [0.25, 0.3) is 0 Å². The highest BCUT2D eigenvalue weighted by Gasteiger charge is 2.26. The van der Waals surface area contributed by atoms with Crippen LogP contribution in [0.1, 0.15) is 354 Å². The first kappa shape index (κ1) is 91.9. The molecule has 0 aliphatic carbocycles. The fourth-order valence-electron chi connectivity index (χ4n) is 11.2. The first-order valence-electron chi connectivity index (χ1n) is 39.8. The summed E-state index contributed by atoms with van der Waals surface area (Å²) in [6.45, 7) is 3.63. The molecular weight excluding hydrogens is 1210 g/mol. The van der Waals surface area contributed by atoms with Crippen LogP contribution >= 0.6 is 7.82 Å². The highest BCUT2D eigenvalue weighted by Crippen LogP contribution is 2.43. The molecule has 0 aromatic rings. The molecule has 9 nitrogen and oxygen atoms in total. The molecule has 0 amide bonds. The van der Waals surface area contributed by atoms with Gasteiger partial charge in [-0.1, -0.05) is 384 Å². The van der Waals surface area contributed by atoms with Crippen molar-refractivity contribution >= 4 is 19.8 Å². The van der Waals surface area contributed by atoms with Gasteiger partial charge in [0, 0.05) is 19.4 Å². The topological polar surface area (TPSA) is 134 Å². The Hall–Kier alpha value is -4.11. The Morgan fingerprint density at radius 2 is 0.573 bits per heavy atom. The first-order chi connectivity index (χ1) is 47.3. The molecule has 0 saturated heterocycles. The molecule has 0 fully saturated rings. The van der Waals surface area contributed by atoms with Gasteiger partial charge >= 0.3 is 19.8 Å². The lowest BCUT2D eigenvalue weighted by Gasteiger charge is -2.19. The van der Waals surface area contributed by atoms with Crippen LogP contribution in [0.5, 0.6) is 0 Å². The maximum Gasteiger partial charge on any atom is 0.472 e. The highest BCUT2D eigenvalue weighted by atomic mass is 31.2. The van der Waals surface area contributed by atoms with Crippen LogP contribution in [0.15, 0.2) is 146 Å². The molecule has 0 aliphatic heterocycles. The van der Waals surface area contributed by atoms with E-state index in [0.717, 1.165) is 122 Å². The average molecular weight is 1360 g/mol. The molecule has 0 aliphatic rings. The number of unbranched alkanes of at least 4 members (excludes halogenated alkanes) is 37. The number of phosphoric ester groups is 1. The van der Waals surface area contributed by atoms with Crippen molar-refractivity contribution in [2.24, 2.45) is 5.73 Å². The molecule has 0 radical (unpaired) electrons. The minimum atomic E-state index is -4.41. The third-order valence-electron chi connectivity index (χ3n) is 17.0. The van der Waals surface area contributed by atoms with Gasteiger partial charge in [-0.05, 0) is 103 Å². The van der Waals surface area contributed by atoms with Gasteiger partial charge in [0.1, 0.15) is 6.61 Å². The van der Waals surface area contributed by atoms with Crippen molar-refractivity contribution < 1.29 is 37.6 Å². The molecule has 550 valence electrons. The molecule has 0 aromatic heterocycles. The normalized spacial score (nSPS) is 13.7. The number of carbonyl (C=O) groups is 2. The van der Waals surface area contributed by atoms with Crippen molar-refractivity contribution in [2.75, 3.05) is 26.4 Å². The predicted octanol–water partition coefficient (Wildman–Crippen LogP) is 26.9. The molecule has 10 heteroatoms. The van der Waals surface area contributed by atoms with Crippen LogP contribution in [-0.2, 0) is 32.7 Å². The van der Waals surface area contributed by atoms with Gasteiger partial charge in [0.25, 0.3) is 0 Å². The van der Waals surface area contributed by atoms with E-state index in [1.54, 1.807) is 0 Å². The summed E-state index contributed by atoms with van der Waals surface area (Å²) in [5.41, 5.74) is 5.41. The molecule has 0 bridgehead atoms. The van der Waals surface area contributed by atoms with E-state index < -0.39 is 26.5 Å². The summed E-state index contributed by atoms with van der Waals surface area (Å²) in [5.74, 6) is -0.852. The highest BCUT2D eigenvalue weighted by molar-refractivity contribution is 7.47. The van der Waals surface area contributed by atoms with Gasteiger partial charge in [-0.2, -0.15) is 0 Å². The lowest BCUT2D eigenvalue weighted by Crippen LogP contribution is -2.29. The van der Waals surface area contributed by atoms with Crippen LogP contribution in [0.2, 0.25) is 0 Å². The summed E-state index contributed by atoms with van der Waals surface area (Å²) in [6.07, 6.45) is 116. The van der Waals surface area contributed by atoms with Crippen LogP contribution in [0.4, 0.5) is 0 Å². The number of hydrogen-bond donors (Lipinski definition) is 2. The molecule has 0 heterocycles. The van der Waals surface area contributed by atoms with Crippen molar-refractivity contribution in [1.82, 2.24) is 0 Å². The summed E-state index contributed by atoms with van der Waals surface area (Å²) < 4.78 is 33.2. The second kappa shape index (κ2) is 79.9. The molecule has 2 unspecified atom stereocenters. The van der Waals surface area contributed by atoms with E-state index in [4.69, 9.17) is 24.3 Å². The molecule has 0 rings (SSSR count). The third kappa shape index (κ3) is 78.9. The summed E-state index contributed by atoms with van der Waals surface area (Å²) in [5, 5.41) is 0. The smallest absolute Gasteiger partial charge is 0.462 e. The quantitative estimate of drug-likeness (QED) is 0.0264. The molecule has 96 heavy (non-hydrogen) atoms. The molecule has 0 spiro atoms. The van der Waals surface area contributed by atoms with Crippen molar-refractivity contribution in [3.8, 4) is 0 Å². The molecular formula is C86H148NO8P. The number of esters is 2. The van der Waals surface area contributed by atoms with Gasteiger partial charge in [0.05, 0.1) is 13.2 Å².